The summed E-state index contributed by atoms with van der Waals surface area (Å²) in [5.41, 5.74) is 2.67. The Bertz CT molecular complexity index is 755. The number of carbonyl (C=O) groups excluding carboxylic acids is 2. The molecule has 0 spiro atoms. The van der Waals surface area contributed by atoms with E-state index >= 15 is 0 Å². The highest BCUT2D eigenvalue weighted by atomic mass is 16.2. The van der Waals surface area contributed by atoms with E-state index in [0.717, 1.165) is 25.1 Å². The third kappa shape index (κ3) is 6.62. The molecule has 2 amide bonds. The molecule has 2 rings (SSSR count). The smallest absolute Gasteiger partial charge is 0.251 e. The second-order valence-electron chi connectivity index (χ2n) is 6.09. The van der Waals surface area contributed by atoms with Gasteiger partial charge in [-0.15, -0.1) is 0 Å². The minimum atomic E-state index is -0.125. The summed E-state index contributed by atoms with van der Waals surface area (Å²) in [6, 6.07) is 17.4. The molecule has 0 unspecified atom stereocenters. The van der Waals surface area contributed by atoms with Crippen molar-refractivity contribution in [2.75, 3.05) is 31.6 Å². The van der Waals surface area contributed by atoms with E-state index in [1.165, 1.54) is 11.8 Å². The Morgan fingerprint density at radius 2 is 1.74 bits per heavy atom. The third-order valence-corrected chi connectivity index (χ3v) is 4.23. The van der Waals surface area contributed by atoms with Gasteiger partial charge in [0.25, 0.3) is 5.91 Å². The van der Waals surface area contributed by atoms with Crippen LogP contribution >= 0.6 is 0 Å². The number of nitrogens with one attached hydrogen (secondary N) is 2. The topological polar surface area (TPSA) is 61.4 Å². The van der Waals surface area contributed by atoms with Gasteiger partial charge in [0.15, 0.2) is 0 Å². The van der Waals surface area contributed by atoms with Crippen LogP contribution in [0, 0.1) is 0 Å². The average Bonchev–Trinajstić information content (AvgIpc) is 2.72. The predicted octanol–water partition coefficient (Wildman–Crippen LogP) is 3.09. The zero-order valence-electron chi connectivity index (χ0n) is 15.9. The quantitative estimate of drug-likeness (QED) is 0.530. The molecule has 142 valence electrons. The zero-order chi connectivity index (χ0) is 19.5. The van der Waals surface area contributed by atoms with E-state index in [9.17, 15) is 9.59 Å². The molecule has 2 N–H and O–H groups in total. The number of benzene rings is 2. The van der Waals surface area contributed by atoms with E-state index in [1.54, 1.807) is 25.3 Å². The van der Waals surface area contributed by atoms with Gasteiger partial charge < -0.3 is 15.5 Å². The van der Waals surface area contributed by atoms with Crippen molar-refractivity contribution in [2.45, 2.75) is 13.3 Å². The summed E-state index contributed by atoms with van der Waals surface area (Å²) in [7, 11) is 1.60. The normalized spacial score (nSPS) is 10.6. The highest BCUT2D eigenvalue weighted by Gasteiger charge is 2.04. The zero-order valence-corrected chi connectivity index (χ0v) is 15.9. The fourth-order valence-corrected chi connectivity index (χ4v) is 2.71. The second-order valence-corrected chi connectivity index (χ2v) is 6.09. The number of rotatable bonds is 9. The first-order valence-corrected chi connectivity index (χ1v) is 9.22. The monoisotopic (exact) mass is 365 g/mol. The number of hydrogen-bond donors (Lipinski definition) is 2. The van der Waals surface area contributed by atoms with Gasteiger partial charge in [-0.1, -0.05) is 30.3 Å². The molecule has 0 saturated heterocycles. The van der Waals surface area contributed by atoms with Gasteiger partial charge in [0.2, 0.25) is 5.91 Å². The SMILES string of the molecule is CCN(CCCNC(=O)/C=C/c1ccc(C(=O)NC)cc1)c1ccccc1. The summed E-state index contributed by atoms with van der Waals surface area (Å²) in [5.74, 6) is -0.243. The molecule has 0 atom stereocenters. The van der Waals surface area contributed by atoms with Crippen molar-refractivity contribution >= 4 is 23.6 Å². The lowest BCUT2D eigenvalue weighted by Crippen LogP contribution is -2.29. The van der Waals surface area contributed by atoms with Gasteiger partial charge in [-0.2, -0.15) is 0 Å². The van der Waals surface area contributed by atoms with Gasteiger partial charge in [-0.25, -0.2) is 0 Å². The number of anilines is 1. The lowest BCUT2D eigenvalue weighted by atomic mass is 10.1. The molecule has 0 aliphatic carbocycles. The van der Waals surface area contributed by atoms with Gasteiger partial charge in [0.05, 0.1) is 0 Å². The van der Waals surface area contributed by atoms with Crippen LogP contribution in [-0.4, -0.2) is 38.5 Å². The number of para-hydroxylation sites is 1. The largest absolute Gasteiger partial charge is 0.372 e. The Labute approximate surface area is 161 Å². The molecule has 2 aromatic carbocycles. The van der Waals surface area contributed by atoms with Crippen LogP contribution in [0.4, 0.5) is 5.69 Å². The summed E-state index contributed by atoms with van der Waals surface area (Å²) >= 11 is 0. The van der Waals surface area contributed by atoms with E-state index in [0.29, 0.717) is 12.1 Å². The molecule has 5 heteroatoms. The van der Waals surface area contributed by atoms with Crippen LogP contribution in [0.25, 0.3) is 6.08 Å². The predicted molar refractivity (Wildman–Crippen MR) is 111 cm³/mol. The number of hydrogen-bond acceptors (Lipinski definition) is 3. The van der Waals surface area contributed by atoms with Crippen molar-refractivity contribution in [1.82, 2.24) is 10.6 Å². The molecule has 0 aliphatic heterocycles. The molecule has 27 heavy (non-hydrogen) atoms. The lowest BCUT2D eigenvalue weighted by Gasteiger charge is -2.23. The molecular formula is C22H27N3O2. The maximum atomic E-state index is 11.9. The average molecular weight is 365 g/mol. The van der Waals surface area contributed by atoms with Gasteiger partial charge in [0.1, 0.15) is 0 Å². The van der Waals surface area contributed by atoms with Gasteiger partial charge in [-0.05, 0) is 49.2 Å². The van der Waals surface area contributed by atoms with Crippen LogP contribution in [0.15, 0.2) is 60.7 Å². The Kier molecular flexibility index (Phi) is 8.10. The second kappa shape index (κ2) is 10.8. The van der Waals surface area contributed by atoms with E-state index in [-0.39, 0.29) is 11.8 Å². The highest BCUT2D eigenvalue weighted by Crippen LogP contribution is 2.12. The van der Waals surface area contributed by atoms with Crippen LogP contribution in [0.1, 0.15) is 29.3 Å². The molecule has 0 bridgehead atoms. The minimum absolute atomic E-state index is 0.117. The van der Waals surface area contributed by atoms with Crippen LogP contribution in [0.3, 0.4) is 0 Å². The van der Waals surface area contributed by atoms with Crippen molar-refractivity contribution in [2.24, 2.45) is 0 Å². The van der Waals surface area contributed by atoms with E-state index in [1.807, 2.05) is 30.3 Å². The Morgan fingerprint density at radius 3 is 2.37 bits per heavy atom. The van der Waals surface area contributed by atoms with Crippen LogP contribution in [0.2, 0.25) is 0 Å². The summed E-state index contributed by atoms with van der Waals surface area (Å²) in [4.78, 5) is 25.7. The fraction of sp³-hybridized carbons (Fsp3) is 0.273. The van der Waals surface area contributed by atoms with Crippen molar-refractivity contribution in [3.05, 3.63) is 71.8 Å². The van der Waals surface area contributed by atoms with Gasteiger partial charge >= 0.3 is 0 Å². The lowest BCUT2D eigenvalue weighted by molar-refractivity contribution is -0.116. The number of carbonyl (C=O) groups is 2. The summed E-state index contributed by atoms with van der Waals surface area (Å²) < 4.78 is 0. The number of amides is 2. The molecule has 5 nitrogen and oxygen atoms in total. The first-order valence-electron chi connectivity index (χ1n) is 9.22. The van der Waals surface area contributed by atoms with Crippen molar-refractivity contribution in [1.29, 1.82) is 0 Å². The highest BCUT2D eigenvalue weighted by molar-refractivity contribution is 5.94. The number of nitrogens with zero attached hydrogens (tertiary/aromatic N) is 1. The maximum absolute atomic E-state index is 11.9. The van der Waals surface area contributed by atoms with Crippen LogP contribution < -0.4 is 15.5 Å². The molecule has 0 radical (unpaired) electrons. The van der Waals surface area contributed by atoms with E-state index in [4.69, 9.17) is 0 Å². The van der Waals surface area contributed by atoms with Crippen LogP contribution in [0.5, 0.6) is 0 Å². The summed E-state index contributed by atoms with van der Waals surface area (Å²) in [6.45, 7) is 4.58. The minimum Gasteiger partial charge on any atom is -0.372 e. The molecule has 0 aromatic heterocycles. The molecule has 0 fully saturated rings. The van der Waals surface area contributed by atoms with Gasteiger partial charge in [0, 0.05) is 44.0 Å². The summed E-state index contributed by atoms with van der Waals surface area (Å²) in [5, 5.41) is 5.48. The van der Waals surface area contributed by atoms with E-state index in [2.05, 4.69) is 34.6 Å². The molecule has 2 aromatic rings. The molecule has 0 heterocycles. The molecule has 0 aliphatic rings. The Morgan fingerprint density at radius 1 is 1.04 bits per heavy atom. The standard InChI is InChI=1S/C22H27N3O2/c1-3-25(20-8-5-4-6-9-20)17-7-16-24-21(26)15-12-18-10-13-19(14-11-18)22(27)23-2/h4-6,8-15H,3,7,16-17H2,1-2H3,(H,23,27)(H,24,26)/b15-12+. The maximum Gasteiger partial charge on any atom is 0.251 e. The van der Waals surface area contributed by atoms with Crippen molar-refractivity contribution in [3.63, 3.8) is 0 Å². The first-order chi connectivity index (χ1) is 13.1. The third-order valence-electron chi connectivity index (χ3n) is 4.23. The fourth-order valence-electron chi connectivity index (χ4n) is 2.71. The van der Waals surface area contributed by atoms with Crippen molar-refractivity contribution < 1.29 is 9.59 Å². The van der Waals surface area contributed by atoms with Gasteiger partial charge in [-0.3, -0.25) is 9.59 Å². The van der Waals surface area contributed by atoms with Crippen molar-refractivity contribution in [3.8, 4) is 0 Å². The Hall–Kier alpha value is -3.08. The molecular weight excluding hydrogens is 338 g/mol. The van der Waals surface area contributed by atoms with E-state index < -0.39 is 0 Å². The molecule has 0 saturated carbocycles. The summed E-state index contributed by atoms with van der Waals surface area (Å²) in [6.07, 6.45) is 4.14. The first kappa shape index (κ1) is 20.2. The Balaban J connectivity index is 1.74. The van der Waals surface area contributed by atoms with Crippen LogP contribution in [-0.2, 0) is 4.79 Å².